The summed E-state index contributed by atoms with van der Waals surface area (Å²) in [5.41, 5.74) is 3.67. The van der Waals surface area contributed by atoms with Crippen LogP contribution in [-0.4, -0.2) is 41.0 Å². The molecule has 1 aliphatic rings. The molecule has 6 nitrogen and oxygen atoms in total. The van der Waals surface area contributed by atoms with Gasteiger partial charge in [-0.3, -0.25) is 4.79 Å². The molecule has 2 aromatic heterocycles. The van der Waals surface area contributed by atoms with Gasteiger partial charge in [-0.1, -0.05) is 6.07 Å². The van der Waals surface area contributed by atoms with Crippen LogP contribution in [0.5, 0.6) is 11.5 Å². The number of benzene rings is 1. The molecular weight excluding hydrogens is 318 g/mol. The van der Waals surface area contributed by atoms with Gasteiger partial charge >= 0.3 is 0 Å². The number of carbonyl (C=O) groups excluding carboxylic acids is 1. The van der Waals surface area contributed by atoms with E-state index >= 15 is 0 Å². The lowest BCUT2D eigenvalue weighted by molar-refractivity contribution is 0.0730. The first-order valence-electron chi connectivity index (χ1n) is 8.17. The number of nitrogens with zero attached hydrogens (tertiary/aromatic N) is 3. The van der Waals surface area contributed by atoms with Crippen molar-refractivity contribution in [1.29, 1.82) is 0 Å². The SMILES string of the molecule is COc1ccc(C(=O)N2CCc3nc4ccccn4c3C2)cc1OC. The number of carbonyl (C=O) groups is 1. The van der Waals surface area contributed by atoms with Gasteiger partial charge in [0.2, 0.25) is 0 Å². The van der Waals surface area contributed by atoms with Crippen LogP contribution in [0.15, 0.2) is 42.6 Å². The minimum Gasteiger partial charge on any atom is -0.493 e. The smallest absolute Gasteiger partial charge is 0.254 e. The average molecular weight is 337 g/mol. The molecule has 0 bridgehead atoms. The quantitative estimate of drug-likeness (QED) is 0.737. The van der Waals surface area contributed by atoms with Gasteiger partial charge in [-0.2, -0.15) is 0 Å². The van der Waals surface area contributed by atoms with Crippen molar-refractivity contribution in [3.63, 3.8) is 0 Å². The van der Waals surface area contributed by atoms with E-state index < -0.39 is 0 Å². The standard InChI is InChI=1S/C19H19N3O3/c1-24-16-7-6-13(11-17(16)25-2)19(23)21-10-8-14-15(12-21)22-9-4-3-5-18(22)20-14/h3-7,9,11H,8,10,12H2,1-2H3. The summed E-state index contributed by atoms with van der Waals surface area (Å²) in [5, 5.41) is 0. The van der Waals surface area contributed by atoms with Crippen LogP contribution in [0.3, 0.4) is 0 Å². The molecule has 25 heavy (non-hydrogen) atoms. The summed E-state index contributed by atoms with van der Waals surface area (Å²) >= 11 is 0. The van der Waals surface area contributed by atoms with E-state index in [2.05, 4.69) is 9.38 Å². The highest BCUT2D eigenvalue weighted by Gasteiger charge is 2.26. The molecule has 0 radical (unpaired) electrons. The highest BCUT2D eigenvalue weighted by atomic mass is 16.5. The van der Waals surface area contributed by atoms with Crippen LogP contribution in [0, 0.1) is 0 Å². The molecule has 6 heteroatoms. The van der Waals surface area contributed by atoms with E-state index in [0.717, 1.165) is 23.5 Å². The van der Waals surface area contributed by atoms with Crippen molar-refractivity contribution in [2.24, 2.45) is 0 Å². The summed E-state index contributed by atoms with van der Waals surface area (Å²) < 4.78 is 12.6. The number of methoxy groups -OCH3 is 2. The van der Waals surface area contributed by atoms with Gasteiger partial charge in [0.1, 0.15) is 5.65 Å². The summed E-state index contributed by atoms with van der Waals surface area (Å²) in [6.07, 6.45) is 2.75. The van der Waals surface area contributed by atoms with Crippen LogP contribution in [0.25, 0.3) is 5.65 Å². The fourth-order valence-corrected chi connectivity index (χ4v) is 3.29. The molecular formula is C19H19N3O3. The number of amides is 1. The Kier molecular flexibility index (Phi) is 3.80. The van der Waals surface area contributed by atoms with Crippen LogP contribution in [0.2, 0.25) is 0 Å². The normalized spacial score (nSPS) is 13.6. The molecule has 4 rings (SSSR count). The average Bonchev–Trinajstić information content (AvgIpc) is 3.04. The Bertz CT molecular complexity index is 948. The molecule has 0 saturated carbocycles. The minimum atomic E-state index is -0.0162. The molecule has 0 fully saturated rings. The minimum absolute atomic E-state index is 0.0162. The Morgan fingerprint density at radius 1 is 1.12 bits per heavy atom. The van der Waals surface area contributed by atoms with Crippen LogP contribution in [0.4, 0.5) is 0 Å². The first-order valence-corrected chi connectivity index (χ1v) is 8.17. The van der Waals surface area contributed by atoms with E-state index in [4.69, 9.17) is 9.47 Å². The van der Waals surface area contributed by atoms with E-state index in [0.29, 0.717) is 30.2 Å². The fraction of sp³-hybridized carbons (Fsp3) is 0.263. The summed E-state index contributed by atoms with van der Waals surface area (Å²) in [6.45, 7) is 1.21. The molecule has 1 aromatic carbocycles. The topological polar surface area (TPSA) is 56.1 Å². The van der Waals surface area contributed by atoms with Gasteiger partial charge < -0.3 is 18.8 Å². The number of aromatic nitrogens is 2. The largest absolute Gasteiger partial charge is 0.493 e. The third kappa shape index (κ3) is 2.59. The predicted molar refractivity (Wildman–Crippen MR) is 93.2 cm³/mol. The van der Waals surface area contributed by atoms with Crippen molar-refractivity contribution < 1.29 is 14.3 Å². The Balaban J connectivity index is 1.64. The Hall–Kier alpha value is -3.02. The van der Waals surface area contributed by atoms with Gasteiger partial charge in [0.25, 0.3) is 5.91 Å². The summed E-state index contributed by atoms with van der Waals surface area (Å²) in [5.74, 6) is 1.15. The van der Waals surface area contributed by atoms with Gasteiger partial charge in [-0.05, 0) is 30.3 Å². The molecule has 0 saturated heterocycles. The summed E-state index contributed by atoms with van der Waals surface area (Å²) in [4.78, 5) is 19.4. The second-order valence-electron chi connectivity index (χ2n) is 5.98. The molecule has 3 aromatic rings. The van der Waals surface area contributed by atoms with Gasteiger partial charge in [-0.15, -0.1) is 0 Å². The van der Waals surface area contributed by atoms with Gasteiger partial charge in [0.15, 0.2) is 11.5 Å². The van der Waals surface area contributed by atoms with Crippen molar-refractivity contribution in [1.82, 2.24) is 14.3 Å². The Labute approximate surface area is 145 Å². The Morgan fingerprint density at radius 2 is 1.96 bits per heavy atom. The maximum atomic E-state index is 12.9. The zero-order valence-electron chi connectivity index (χ0n) is 14.2. The molecule has 0 N–H and O–H groups in total. The highest BCUT2D eigenvalue weighted by molar-refractivity contribution is 5.95. The van der Waals surface area contributed by atoms with E-state index in [-0.39, 0.29) is 5.91 Å². The second kappa shape index (κ2) is 6.12. The number of rotatable bonds is 3. The van der Waals surface area contributed by atoms with Crippen molar-refractivity contribution >= 4 is 11.6 Å². The van der Waals surface area contributed by atoms with Crippen molar-refractivity contribution in [3.8, 4) is 11.5 Å². The van der Waals surface area contributed by atoms with E-state index in [9.17, 15) is 4.79 Å². The molecule has 0 atom stereocenters. The van der Waals surface area contributed by atoms with Crippen molar-refractivity contribution in [3.05, 3.63) is 59.5 Å². The van der Waals surface area contributed by atoms with E-state index in [1.807, 2.05) is 29.3 Å². The van der Waals surface area contributed by atoms with Crippen LogP contribution in [-0.2, 0) is 13.0 Å². The molecule has 1 aliphatic heterocycles. The maximum absolute atomic E-state index is 12.9. The van der Waals surface area contributed by atoms with E-state index in [1.165, 1.54) is 0 Å². The molecule has 128 valence electrons. The lowest BCUT2D eigenvalue weighted by atomic mass is 10.1. The van der Waals surface area contributed by atoms with Gasteiger partial charge in [0.05, 0.1) is 32.2 Å². The third-order valence-corrected chi connectivity index (χ3v) is 4.59. The maximum Gasteiger partial charge on any atom is 0.254 e. The lowest BCUT2D eigenvalue weighted by Gasteiger charge is -2.27. The summed E-state index contributed by atoms with van der Waals surface area (Å²) in [7, 11) is 3.15. The monoisotopic (exact) mass is 337 g/mol. The fourth-order valence-electron chi connectivity index (χ4n) is 3.29. The molecule has 3 heterocycles. The van der Waals surface area contributed by atoms with Crippen LogP contribution >= 0.6 is 0 Å². The lowest BCUT2D eigenvalue weighted by Crippen LogP contribution is -2.36. The van der Waals surface area contributed by atoms with Crippen molar-refractivity contribution in [2.75, 3.05) is 20.8 Å². The third-order valence-electron chi connectivity index (χ3n) is 4.59. The number of ether oxygens (including phenoxy) is 2. The zero-order valence-corrected chi connectivity index (χ0v) is 14.2. The van der Waals surface area contributed by atoms with Crippen LogP contribution in [0.1, 0.15) is 21.7 Å². The number of imidazole rings is 1. The second-order valence-corrected chi connectivity index (χ2v) is 5.98. The van der Waals surface area contributed by atoms with Gasteiger partial charge in [-0.25, -0.2) is 4.98 Å². The summed E-state index contributed by atoms with van der Waals surface area (Å²) in [6, 6.07) is 11.2. The molecule has 0 unspecified atom stereocenters. The Morgan fingerprint density at radius 3 is 2.76 bits per heavy atom. The molecule has 0 aliphatic carbocycles. The first kappa shape index (κ1) is 15.5. The van der Waals surface area contributed by atoms with Gasteiger partial charge in [0, 0.05) is 24.7 Å². The van der Waals surface area contributed by atoms with E-state index in [1.54, 1.807) is 32.4 Å². The number of fused-ring (bicyclic) bond motifs is 3. The first-order chi connectivity index (χ1) is 12.2. The number of hydrogen-bond donors (Lipinski definition) is 0. The van der Waals surface area contributed by atoms with Crippen LogP contribution < -0.4 is 9.47 Å². The van der Waals surface area contributed by atoms with Crippen molar-refractivity contribution in [2.45, 2.75) is 13.0 Å². The number of hydrogen-bond acceptors (Lipinski definition) is 4. The molecule has 1 amide bonds. The predicted octanol–water partition coefficient (Wildman–Crippen LogP) is 2.55. The zero-order chi connectivity index (χ0) is 17.4. The highest BCUT2D eigenvalue weighted by Crippen LogP contribution is 2.29. The molecule has 0 spiro atoms. The number of pyridine rings is 1.